The molecule has 0 spiro atoms. The standard InChI is InChI=1S/C20H23NO5S/c22-19(18-10-3-4-11-27(18,25)26)21-13-16(20(23)24)12-15-8-5-7-14-6-1-2-9-17(14)15/h1-2,5-9,16,18H,3-4,10-13H2,(H,21,22)(H,23,24). The molecule has 1 aliphatic heterocycles. The first-order chi connectivity index (χ1) is 12.9. The molecule has 7 heteroatoms. The van der Waals surface area contributed by atoms with E-state index in [1.165, 1.54) is 0 Å². The van der Waals surface area contributed by atoms with Gasteiger partial charge < -0.3 is 10.4 Å². The molecule has 1 heterocycles. The number of nitrogens with one attached hydrogen (secondary N) is 1. The van der Waals surface area contributed by atoms with Gasteiger partial charge in [0.1, 0.15) is 5.25 Å². The monoisotopic (exact) mass is 389 g/mol. The number of amides is 1. The minimum absolute atomic E-state index is 0.0173. The Morgan fingerprint density at radius 2 is 1.85 bits per heavy atom. The maximum atomic E-state index is 12.3. The maximum Gasteiger partial charge on any atom is 0.308 e. The summed E-state index contributed by atoms with van der Waals surface area (Å²) in [6.45, 7) is -0.0938. The average Bonchev–Trinajstić information content (AvgIpc) is 2.64. The number of benzene rings is 2. The van der Waals surface area contributed by atoms with Crippen LogP contribution < -0.4 is 5.32 Å². The lowest BCUT2D eigenvalue weighted by Crippen LogP contribution is -2.45. The Bertz CT molecular complexity index is 949. The Balaban J connectivity index is 1.71. The van der Waals surface area contributed by atoms with Crippen molar-refractivity contribution in [2.75, 3.05) is 12.3 Å². The van der Waals surface area contributed by atoms with Crippen LogP contribution >= 0.6 is 0 Å². The van der Waals surface area contributed by atoms with Gasteiger partial charge in [-0.3, -0.25) is 9.59 Å². The van der Waals surface area contributed by atoms with Crippen molar-refractivity contribution < 1.29 is 23.1 Å². The van der Waals surface area contributed by atoms with Crippen LogP contribution in [-0.2, 0) is 25.8 Å². The minimum Gasteiger partial charge on any atom is -0.481 e. The van der Waals surface area contributed by atoms with Crippen molar-refractivity contribution in [2.24, 2.45) is 5.92 Å². The topological polar surface area (TPSA) is 101 Å². The highest BCUT2D eigenvalue weighted by atomic mass is 32.2. The van der Waals surface area contributed by atoms with E-state index >= 15 is 0 Å². The highest BCUT2D eigenvalue weighted by Crippen LogP contribution is 2.22. The van der Waals surface area contributed by atoms with Crippen molar-refractivity contribution in [1.29, 1.82) is 0 Å². The number of fused-ring (bicyclic) bond motifs is 1. The molecule has 0 bridgehead atoms. The van der Waals surface area contributed by atoms with Crippen molar-refractivity contribution >= 4 is 32.5 Å². The third kappa shape index (κ3) is 4.47. The van der Waals surface area contributed by atoms with Gasteiger partial charge in [0, 0.05) is 6.54 Å². The van der Waals surface area contributed by atoms with Crippen molar-refractivity contribution in [3.63, 3.8) is 0 Å². The number of carbonyl (C=O) groups excluding carboxylic acids is 1. The highest BCUT2D eigenvalue weighted by molar-refractivity contribution is 7.92. The SMILES string of the molecule is O=C(O)C(CNC(=O)C1CCCCS1(=O)=O)Cc1cccc2ccccc12. The third-order valence-electron chi connectivity index (χ3n) is 5.09. The van der Waals surface area contributed by atoms with Crippen LogP contribution in [0, 0.1) is 5.92 Å². The van der Waals surface area contributed by atoms with E-state index in [0.29, 0.717) is 19.3 Å². The van der Waals surface area contributed by atoms with E-state index in [2.05, 4.69) is 5.32 Å². The smallest absolute Gasteiger partial charge is 0.308 e. The fourth-order valence-corrected chi connectivity index (χ4v) is 5.40. The van der Waals surface area contributed by atoms with Gasteiger partial charge in [0.05, 0.1) is 11.7 Å². The van der Waals surface area contributed by atoms with E-state index in [4.69, 9.17) is 0 Å². The quantitative estimate of drug-likeness (QED) is 0.789. The summed E-state index contributed by atoms with van der Waals surface area (Å²) in [7, 11) is -3.44. The van der Waals surface area contributed by atoms with Crippen molar-refractivity contribution in [3.8, 4) is 0 Å². The number of rotatable bonds is 6. The van der Waals surface area contributed by atoms with Crippen LogP contribution in [0.5, 0.6) is 0 Å². The predicted molar refractivity (Wildman–Crippen MR) is 103 cm³/mol. The number of sulfone groups is 1. The Labute approximate surface area is 158 Å². The average molecular weight is 389 g/mol. The summed E-state index contributed by atoms with van der Waals surface area (Å²) in [6, 6.07) is 13.4. The molecule has 0 aliphatic carbocycles. The second kappa shape index (κ2) is 8.08. The number of carbonyl (C=O) groups is 2. The summed E-state index contributed by atoms with van der Waals surface area (Å²) < 4.78 is 24.1. The van der Waals surface area contributed by atoms with Gasteiger partial charge in [0.2, 0.25) is 5.91 Å². The van der Waals surface area contributed by atoms with Gasteiger partial charge in [0.15, 0.2) is 9.84 Å². The van der Waals surface area contributed by atoms with E-state index in [0.717, 1.165) is 16.3 Å². The number of carboxylic acid groups (broad SMARTS) is 1. The fraction of sp³-hybridized carbons (Fsp3) is 0.400. The van der Waals surface area contributed by atoms with Gasteiger partial charge in [-0.1, -0.05) is 48.9 Å². The molecule has 1 amide bonds. The second-order valence-electron chi connectivity index (χ2n) is 6.97. The minimum atomic E-state index is -3.44. The largest absolute Gasteiger partial charge is 0.481 e. The van der Waals surface area contributed by atoms with Crippen LogP contribution in [0.25, 0.3) is 10.8 Å². The summed E-state index contributed by atoms with van der Waals surface area (Å²) >= 11 is 0. The van der Waals surface area contributed by atoms with Crippen LogP contribution in [0.1, 0.15) is 24.8 Å². The molecule has 0 saturated carbocycles. The summed E-state index contributed by atoms with van der Waals surface area (Å²) in [5, 5.41) is 13.1. The van der Waals surface area contributed by atoms with E-state index in [1.807, 2.05) is 42.5 Å². The molecule has 144 valence electrons. The normalized spacial score (nSPS) is 20.1. The molecular weight excluding hydrogens is 366 g/mol. The van der Waals surface area contributed by atoms with E-state index in [-0.39, 0.29) is 18.7 Å². The Morgan fingerprint density at radius 1 is 1.11 bits per heavy atom. The maximum absolute atomic E-state index is 12.3. The molecule has 0 radical (unpaired) electrons. The Hall–Kier alpha value is -2.41. The lowest BCUT2D eigenvalue weighted by atomic mass is 9.94. The molecule has 2 unspecified atom stereocenters. The second-order valence-corrected chi connectivity index (χ2v) is 9.28. The zero-order chi connectivity index (χ0) is 19.4. The van der Waals surface area contributed by atoms with E-state index < -0.39 is 32.9 Å². The fourth-order valence-electron chi connectivity index (χ4n) is 3.57. The van der Waals surface area contributed by atoms with E-state index in [1.54, 1.807) is 0 Å². The van der Waals surface area contributed by atoms with Crippen molar-refractivity contribution in [3.05, 3.63) is 48.0 Å². The number of carboxylic acids is 1. The molecule has 1 aliphatic rings. The number of aliphatic carboxylic acids is 1. The summed E-state index contributed by atoms with van der Waals surface area (Å²) in [6.07, 6.45) is 1.82. The van der Waals surface area contributed by atoms with Crippen LogP contribution in [0.4, 0.5) is 0 Å². The van der Waals surface area contributed by atoms with Gasteiger partial charge in [-0.15, -0.1) is 0 Å². The van der Waals surface area contributed by atoms with Crippen molar-refractivity contribution in [2.45, 2.75) is 30.9 Å². The number of hydrogen-bond acceptors (Lipinski definition) is 4. The molecule has 2 aromatic carbocycles. The first-order valence-electron chi connectivity index (χ1n) is 9.07. The highest BCUT2D eigenvalue weighted by Gasteiger charge is 2.35. The van der Waals surface area contributed by atoms with Gasteiger partial charge in [0.25, 0.3) is 0 Å². The zero-order valence-electron chi connectivity index (χ0n) is 14.9. The van der Waals surface area contributed by atoms with Crippen LogP contribution in [0.3, 0.4) is 0 Å². The van der Waals surface area contributed by atoms with E-state index in [9.17, 15) is 23.1 Å². The molecule has 6 nitrogen and oxygen atoms in total. The number of hydrogen-bond donors (Lipinski definition) is 2. The van der Waals surface area contributed by atoms with Crippen LogP contribution in [0.2, 0.25) is 0 Å². The van der Waals surface area contributed by atoms with Gasteiger partial charge in [-0.05, 0) is 35.6 Å². The Kier molecular flexibility index (Phi) is 5.79. The molecule has 3 rings (SSSR count). The van der Waals surface area contributed by atoms with Crippen LogP contribution in [-0.4, -0.2) is 42.9 Å². The lowest BCUT2D eigenvalue weighted by molar-refractivity contribution is -0.141. The molecule has 1 saturated heterocycles. The molecule has 27 heavy (non-hydrogen) atoms. The zero-order valence-corrected chi connectivity index (χ0v) is 15.7. The first kappa shape index (κ1) is 19.4. The molecule has 0 aromatic heterocycles. The summed E-state index contributed by atoms with van der Waals surface area (Å²) in [5.74, 6) is -2.41. The molecule has 1 fully saturated rings. The first-order valence-corrected chi connectivity index (χ1v) is 10.8. The van der Waals surface area contributed by atoms with Gasteiger partial charge >= 0.3 is 5.97 Å². The van der Waals surface area contributed by atoms with Gasteiger partial charge in [-0.2, -0.15) is 0 Å². The summed E-state index contributed by atoms with van der Waals surface area (Å²) in [5.41, 5.74) is 0.889. The predicted octanol–water partition coefficient (Wildman–Crippen LogP) is 2.17. The van der Waals surface area contributed by atoms with Gasteiger partial charge in [-0.25, -0.2) is 8.42 Å². The Morgan fingerprint density at radius 3 is 2.59 bits per heavy atom. The third-order valence-corrected chi connectivity index (χ3v) is 7.26. The lowest BCUT2D eigenvalue weighted by Gasteiger charge is -2.22. The summed E-state index contributed by atoms with van der Waals surface area (Å²) in [4.78, 5) is 24.0. The molecule has 2 atom stereocenters. The molecular formula is C20H23NO5S. The van der Waals surface area contributed by atoms with Crippen molar-refractivity contribution in [1.82, 2.24) is 5.32 Å². The van der Waals surface area contributed by atoms with Crippen LogP contribution in [0.15, 0.2) is 42.5 Å². The molecule has 2 aromatic rings. The molecule has 2 N–H and O–H groups in total.